The lowest BCUT2D eigenvalue weighted by Gasteiger charge is -2.10. The smallest absolute Gasteiger partial charge is 0.312 e. The van der Waals surface area contributed by atoms with E-state index in [2.05, 4.69) is 15.9 Å². The van der Waals surface area contributed by atoms with Gasteiger partial charge < -0.3 is 4.74 Å². The maximum Gasteiger partial charge on any atom is 0.312 e. The summed E-state index contributed by atoms with van der Waals surface area (Å²) in [7, 11) is 0. The molecule has 0 heterocycles. The highest BCUT2D eigenvalue weighted by atomic mass is 79.9. The summed E-state index contributed by atoms with van der Waals surface area (Å²) in [6.07, 6.45) is 0. The first-order valence-electron chi connectivity index (χ1n) is 5.76. The van der Waals surface area contributed by atoms with Crippen molar-refractivity contribution in [3.63, 3.8) is 0 Å². The van der Waals surface area contributed by atoms with Crippen molar-refractivity contribution >= 4 is 21.6 Å². The van der Waals surface area contributed by atoms with Gasteiger partial charge in [0.2, 0.25) is 5.75 Å². The van der Waals surface area contributed by atoms with Crippen LogP contribution in [0.4, 0.5) is 10.1 Å². The minimum Gasteiger partial charge on any atom is -0.447 e. The van der Waals surface area contributed by atoms with Gasteiger partial charge in [-0.3, -0.25) is 10.1 Å². The zero-order chi connectivity index (χ0) is 15.4. The number of alkyl halides is 1. The summed E-state index contributed by atoms with van der Waals surface area (Å²) in [5.41, 5.74) is 0.259. The molecule has 0 aliphatic carbocycles. The van der Waals surface area contributed by atoms with Gasteiger partial charge in [0.05, 0.1) is 16.6 Å². The third kappa shape index (κ3) is 3.17. The molecule has 0 fully saturated rings. The minimum atomic E-state index is -0.676. The van der Waals surface area contributed by atoms with E-state index in [1.807, 2.05) is 0 Å². The quantitative estimate of drug-likeness (QED) is 0.468. The maximum atomic E-state index is 13.8. The molecule has 0 saturated heterocycles. The van der Waals surface area contributed by atoms with Crippen LogP contribution in [0, 0.1) is 27.3 Å². The fourth-order valence-electron chi connectivity index (χ4n) is 1.70. The van der Waals surface area contributed by atoms with Gasteiger partial charge in [-0.05, 0) is 18.2 Å². The summed E-state index contributed by atoms with van der Waals surface area (Å²) in [4.78, 5) is 10.4. The molecule has 2 aromatic carbocycles. The molecule has 0 aliphatic rings. The molecule has 0 aliphatic heterocycles. The predicted molar refractivity (Wildman–Crippen MR) is 76.9 cm³/mol. The van der Waals surface area contributed by atoms with Crippen LogP contribution in [-0.4, -0.2) is 4.92 Å². The molecule has 5 nitrogen and oxygen atoms in total. The average molecular weight is 351 g/mol. The Bertz CT molecular complexity index is 743. The van der Waals surface area contributed by atoms with Gasteiger partial charge in [-0.15, -0.1) is 0 Å². The standard InChI is InChI=1S/C14H8BrFN2O3/c15-7-10-2-1-3-11(16)14(10)21-13-5-4-9(8-17)6-12(13)18(19)20/h1-6H,7H2. The Kier molecular flexibility index (Phi) is 4.50. The zero-order valence-corrected chi connectivity index (χ0v) is 12.1. The summed E-state index contributed by atoms with van der Waals surface area (Å²) >= 11 is 3.20. The summed E-state index contributed by atoms with van der Waals surface area (Å²) in [5.74, 6) is -0.820. The number of nitro benzene ring substituents is 1. The monoisotopic (exact) mass is 350 g/mol. The van der Waals surface area contributed by atoms with Crippen molar-refractivity contribution < 1.29 is 14.1 Å². The van der Waals surface area contributed by atoms with Crippen LogP contribution in [-0.2, 0) is 5.33 Å². The van der Waals surface area contributed by atoms with E-state index in [4.69, 9.17) is 10.00 Å². The van der Waals surface area contributed by atoms with E-state index in [1.165, 1.54) is 24.3 Å². The molecule has 0 saturated carbocycles. The maximum absolute atomic E-state index is 13.8. The first kappa shape index (κ1) is 14.9. The fraction of sp³-hybridized carbons (Fsp3) is 0.0714. The van der Waals surface area contributed by atoms with Gasteiger partial charge in [-0.25, -0.2) is 4.39 Å². The minimum absolute atomic E-state index is 0.0813. The number of nitriles is 1. The van der Waals surface area contributed by atoms with Gasteiger partial charge in [0.1, 0.15) is 0 Å². The predicted octanol–water partition coefficient (Wildman–Crippen LogP) is 4.29. The summed E-state index contributed by atoms with van der Waals surface area (Å²) in [6, 6.07) is 9.91. The molecule has 2 aromatic rings. The lowest BCUT2D eigenvalue weighted by molar-refractivity contribution is -0.385. The molecular weight excluding hydrogens is 343 g/mol. The summed E-state index contributed by atoms with van der Waals surface area (Å²) in [6.45, 7) is 0. The Balaban J connectivity index is 2.50. The molecule has 21 heavy (non-hydrogen) atoms. The molecule has 0 bridgehead atoms. The third-order valence-corrected chi connectivity index (χ3v) is 3.29. The van der Waals surface area contributed by atoms with Crippen molar-refractivity contribution in [2.45, 2.75) is 5.33 Å². The number of ether oxygens (including phenoxy) is 1. The number of hydrogen-bond acceptors (Lipinski definition) is 4. The van der Waals surface area contributed by atoms with Gasteiger partial charge in [0.25, 0.3) is 0 Å². The van der Waals surface area contributed by atoms with Crippen LogP contribution in [0.3, 0.4) is 0 Å². The summed E-state index contributed by atoms with van der Waals surface area (Å²) < 4.78 is 19.2. The molecule has 0 aromatic heterocycles. The van der Waals surface area contributed by atoms with Gasteiger partial charge in [0, 0.05) is 17.0 Å². The molecule has 0 N–H and O–H groups in total. The Hall–Kier alpha value is -2.46. The van der Waals surface area contributed by atoms with Crippen LogP contribution in [0.1, 0.15) is 11.1 Å². The second kappa shape index (κ2) is 6.33. The molecule has 0 spiro atoms. The van der Waals surface area contributed by atoms with Gasteiger partial charge in [-0.1, -0.05) is 28.1 Å². The van der Waals surface area contributed by atoms with Crippen LogP contribution >= 0.6 is 15.9 Å². The third-order valence-electron chi connectivity index (χ3n) is 2.69. The second-order valence-electron chi connectivity index (χ2n) is 4.02. The van der Waals surface area contributed by atoms with E-state index in [0.717, 1.165) is 6.07 Å². The van der Waals surface area contributed by atoms with E-state index >= 15 is 0 Å². The molecule has 2 rings (SSSR count). The van der Waals surface area contributed by atoms with E-state index < -0.39 is 16.4 Å². The molecule has 0 amide bonds. The highest BCUT2D eigenvalue weighted by molar-refractivity contribution is 9.08. The van der Waals surface area contributed by atoms with E-state index in [0.29, 0.717) is 10.9 Å². The molecule has 0 atom stereocenters. The zero-order valence-electron chi connectivity index (χ0n) is 10.5. The molecule has 0 radical (unpaired) electrons. The largest absolute Gasteiger partial charge is 0.447 e. The molecule has 0 unspecified atom stereocenters. The van der Waals surface area contributed by atoms with Crippen molar-refractivity contribution in [2.24, 2.45) is 0 Å². The van der Waals surface area contributed by atoms with Crippen LogP contribution in [0.5, 0.6) is 11.5 Å². The number of halogens is 2. The fourth-order valence-corrected chi connectivity index (χ4v) is 2.14. The second-order valence-corrected chi connectivity index (χ2v) is 4.58. The molecule has 7 heteroatoms. The van der Waals surface area contributed by atoms with Crippen LogP contribution in [0.25, 0.3) is 0 Å². The Labute approximate surface area is 127 Å². The topological polar surface area (TPSA) is 76.2 Å². The van der Waals surface area contributed by atoms with Gasteiger partial charge >= 0.3 is 5.69 Å². The Morgan fingerprint density at radius 2 is 2.14 bits per heavy atom. The lowest BCUT2D eigenvalue weighted by atomic mass is 10.2. The highest BCUT2D eigenvalue weighted by Gasteiger charge is 2.19. The Morgan fingerprint density at radius 1 is 1.38 bits per heavy atom. The van der Waals surface area contributed by atoms with Crippen molar-refractivity contribution in [1.29, 1.82) is 5.26 Å². The SMILES string of the molecule is N#Cc1ccc(Oc2c(F)cccc2CBr)c([N+](=O)[O-])c1. The van der Waals surface area contributed by atoms with E-state index in [-0.39, 0.29) is 17.1 Å². The normalized spacial score (nSPS) is 9.95. The summed E-state index contributed by atoms with van der Waals surface area (Å²) in [5, 5.41) is 20.1. The first-order chi connectivity index (χ1) is 10.1. The van der Waals surface area contributed by atoms with Crippen molar-refractivity contribution in [3.05, 3.63) is 63.5 Å². The van der Waals surface area contributed by atoms with E-state index in [1.54, 1.807) is 12.1 Å². The van der Waals surface area contributed by atoms with Gasteiger partial charge in [0.15, 0.2) is 11.6 Å². The number of rotatable bonds is 4. The van der Waals surface area contributed by atoms with Crippen molar-refractivity contribution in [2.75, 3.05) is 0 Å². The Morgan fingerprint density at radius 3 is 2.76 bits per heavy atom. The highest BCUT2D eigenvalue weighted by Crippen LogP contribution is 2.35. The van der Waals surface area contributed by atoms with Crippen molar-refractivity contribution in [1.82, 2.24) is 0 Å². The molecule has 106 valence electrons. The van der Waals surface area contributed by atoms with Crippen molar-refractivity contribution in [3.8, 4) is 17.6 Å². The van der Waals surface area contributed by atoms with Gasteiger partial charge in [-0.2, -0.15) is 5.26 Å². The van der Waals surface area contributed by atoms with Crippen LogP contribution in [0.15, 0.2) is 36.4 Å². The number of nitro groups is 1. The number of benzene rings is 2. The van der Waals surface area contributed by atoms with Crippen LogP contribution in [0.2, 0.25) is 0 Å². The lowest BCUT2D eigenvalue weighted by Crippen LogP contribution is -1.97. The number of para-hydroxylation sites is 1. The molecular formula is C14H8BrFN2O3. The van der Waals surface area contributed by atoms with E-state index in [9.17, 15) is 14.5 Å². The average Bonchev–Trinajstić information content (AvgIpc) is 2.49. The number of hydrogen-bond donors (Lipinski definition) is 0. The van der Waals surface area contributed by atoms with Crippen LogP contribution < -0.4 is 4.74 Å². The first-order valence-corrected chi connectivity index (χ1v) is 6.88. The number of nitrogens with zero attached hydrogens (tertiary/aromatic N) is 2.